The molecule has 0 aliphatic rings. The molecule has 106 valence electrons. The van der Waals surface area contributed by atoms with Crippen molar-refractivity contribution in [2.45, 2.75) is 19.2 Å². The lowest BCUT2D eigenvalue weighted by atomic mass is 10.2. The predicted octanol–water partition coefficient (Wildman–Crippen LogP) is 3.81. The number of hydrogen-bond donors (Lipinski definition) is 0. The van der Waals surface area contributed by atoms with Gasteiger partial charge in [-0.2, -0.15) is 0 Å². The fourth-order valence-corrected chi connectivity index (χ4v) is 2.61. The molecule has 0 radical (unpaired) electrons. The summed E-state index contributed by atoms with van der Waals surface area (Å²) in [5, 5.41) is 20.0. The molecular formula is C12H12ClN3O3S. The number of nitro groups is 1. The van der Waals surface area contributed by atoms with Gasteiger partial charge in [-0.15, -0.1) is 21.8 Å². The summed E-state index contributed by atoms with van der Waals surface area (Å²) in [5.41, 5.74) is 0.474. The fourth-order valence-electron chi connectivity index (χ4n) is 1.64. The van der Waals surface area contributed by atoms with E-state index in [9.17, 15) is 10.1 Å². The topological polar surface area (TPSA) is 78.2 Å². The molecule has 2 aromatic rings. The first kappa shape index (κ1) is 14.7. The monoisotopic (exact) mass is 313 g/mol. The van der Waals surface area contributed by atoms with E-state index in [0.29, 0.717) is 22.2 Å². The minimum absolute atomic E-state index is 0.0833. The van der Waals surface area contributed by atoms with Gasteiger partial charge in [0.05, 0.1) is 22.5 Å². The van der Waals surface area contributed by atoms with Gasteiger partial charge in [-0.3, -0.25) is 10.1 Å². The highest BCUT2D eigenvalue weighted by molar-refractivity contribution is 7.15. The minimum atomic E-state index is -0.472. The van der Waals surface area contributed by atoms with Crippen LogP contribution in [-0.4, -0.2) is 21.7 Å². The Morgan fingerprint density at radius 1 is 1.50 bits per heavy atom. The average Bonchev–Trinajstić information content (AvgIpc) is 2.88. The summed E-state index contributed by atoms with van der Waals surface area (Å²) in [4.78, 5) is 10.6. The zero-order valence-electron chi connectivity index (χ0n) is 10.9. The molecule has 6 nitrogen and oxygen atoms in total. The Hall–Kier alpha value is -1.73. The van der Waals surface area contributed by atoms with Crippen LogP contribution in [0.3, 0.4) is 0 Å². The van der Waals surface area contributed by atoms with E-state index in [1.807, 2.05) is 0 Å². The Morgan fingerprint density at radius 3 is 2.80 bits per heavy atom. The number of nitro benzene ring substituents is 1. The van der Waals surface area contributed by atoms with E-state index in [0.717, 1.165) is 0 Å². The number of hydrogen-bond acceptors (Lipinski definition) is 6. The third-order valence-corrected chi connectivity index (χ3v) is 3.97. The summed E-state index contributed by atoms with van der Waals surface area (Å²) >= 11 is 7.25. The number of nitrogens with zero attached hydrogens (tertiary/aromatic N) is 3. The molecule has 0 N–H and O–H groups in total. The first-order valence-corrected chi connectivity index (χ1v) is 7.18. The van der Waals surface area contributed by atoms with E-state index in [1.54, 1.807) is 26.0 Å². The molecule has 0 bridgehead atoms. The summed E-state index contributed by atoms with van der Waals surface area (Å²) < 4.78 is 5.42. The number of benzene rings is 1. The molecule has 1 heterocycles. The first-order chi connectivity index (χ1) is 9.54. The zero-order valence-corrected chi connectivity index (χ0v) is 12.4. The Bertz CT molecular complexity index is 630. The van der Waals surface area contributed by atoms with Gasteiger partial charge in [0.25, 0.3) is 0 Å². The Balaban J connectivity index is 2.54. The van der Waals surface area contributed by atoms with Crippen LogP contribution in [-0.2, 0) is 0 Å². The third kappa shape index (κ3) is 2.88. The lowest BCUT2D eigenvalue weighted by Crippen LogP contribution is -1.99. The number of rotatable bonds is 5. The smallest absolute Gasteiger partial charge is 0.311 e. The SMILES string of the molecule is CCOc1c(-c2nnc(C(C)Cl)s2)cccc1[N+](=O)[O-]. The molecule has 0 saturated carbocycles. The van der Waals surface area contributed by atoms with Crippen LogP contribution in [0.4, 0.5) is 5.69 Å². The number of ether oxygens (including phenoxy) is 1. The summed E-state index contributed by atoms with van der Waals surface area (Å²) in [6, 6.07) is 4.73. The molecule has 1 aromatic heterocycles. The van der Waals surface area contributed by atoms with E-state index in [2.05, 4.69) is 10.2 Å². The Morgan fingerprint density at radius 2 is 2.25 bits per heavy atom. The highest BCUT2D eigenvalue weighted by Crippen LogP contribution is 2.40. The molecule has 0 aliphatic carbocycles. The van der Waals surface area contributed by atoms with E-state index >= 15 is 0 Å². The lowest BCUT2D eigenvalue weighted by molar-refractivity contribution is -0.385. The third-order valence-electron chi connectivity index (χ3n) is 2.49. The Kier molecular flexibility index (Phi) is 4.51. The number of halogens is 1. The molecule has 1 aromatic carbocycles. The van der Waals surface area contributed by atoms with Crippen molar-refractivity contribution in [2.75, 3.05) is 6.61 Å². The maximum absolute atomic E-state index is 11.1. The second-order valence-corrected chi connectivity index (χ2v) is 5.57. The second kappa shape index (κ2) is 6.15. The molecule has 0 fully saturated rings. The zero-order chi connectivity index (χ0) is 14.7. The van der Waals surface area contributed by atoms with Gasteiger partial charge in [0.15, 0.2) is 5.01 Å². The van der Waals surface area contributed by atoms with E-state index in [4.69, 9.17) is 16.3 Å². The number of para-hydroxylation sites is 1. The molecule has 1 atom stereocenters. The molecule has 2 rings (SSSR count). The predicted molar refractivity (Wildman–Crippen MR) is 77.4 cm³/mol. The standard InChI is InChI=1S/C12H12ClN3O3S/c1-3-19-10-8(5-4-6-9(10)16(17)18)12-15-14-11(20-12)7(2)13/h4-7H,3H2,1-2H3. The largest absolute Gasteiger partial charge is 0.487 e. The maximum Gasteiger partial charge on any atom is 0.311 e. The second-order valence-electron chi connectivity index (χ2n) is 3.91. The van der Waals surface area contributed by atoms with Gasteiger partial charge in [-0.05, 0) is 19.9 Å². The summed E-state index contributed by atoms with van der Waals surface area (Å²) in [6.45, 7) is 3.89. The minimum Gasteiger partial charge on any atom is -0.487 e. The quantitative estimate of drug-likeness (QED) is 0.476. The Labute approximate surface area is 124 Å². The van der Waals surface area contributed by atoms with Crippen LogP contribution in [0.15, 0.2) is 18.2 Å². The highest BCUT2D eigenvalue weighted by Gasteiger charge is 2.22. The molecule has 8 heteroatoms. The summed E-state index contributed by atoms with van der Waals surface area (Å²) in [6.07, 6.45) is 0. The van der Waals surface area contributed by atoms with Crippen LogP contribution in [0.25, 0.3) is 10.6 Å². The first-order valence-electron chi connectivity index (χ1n) is 5.92. The molecule has 0 aliphatic heterocycles. The molecule has 0 amide bonds. The van der Waals surface area contributed by atoms with E-state index < -0.39 is 4.92 Å². The average molecular weight is 314 g/mol. The van der Waals surface area contributed by atoms with Crippen molar-refractivity contribution < 1.29 is 9.66 Å². The van der Waals surface area contributed by atoms with Crippen molar-refractivity contribution in [2.24, 2.45) is 0 Å². The van der Waals surface area contributed by atoms with Crippen molar-refractivity contribution in [3.63, 3.8) is 0 Å². The van der Waals surface area contributed by atoms with Gasteiger partial charge in [0, 0.05) is 6.07 Å². The van der Waals surface area contributed by atoms with Crippen LogP contribution >= 0.6 is 22.9 Å². The van der Waals surface area contributed by atoms with Crippen molar-refractivity contribution in [3.8, 4) is 16.3 Å². The van der Waals surface area contributed by atoms with Gasteiger partial charge >= 0.3 is 5.69 Å². The fraction of sp³-hybridized carbons (Fsp3) is 0.333. The van der Waals surface area contributed by atoms with Crippen molar-refractivity contribution in [3.05, 3.63) is 33.3 Å². The van der Waals surface area contributed by atoms with E-state index in [1.165, 1.54) is 17.4 Å². The molecule has 1 unspecified atom stereocenters. The van der Waals surface area contributed by atoms with E-state index in [-0.39, 0.29) is 16.8 Å². The van der Waals surface area contributed by atoms with Gasteiger partial charge in [0.2, 0.25) is 5.75 Å². The summed E-state index contributed by atoms with van der Waals surface area (Å²) in [7, 11) is 0. The summed E-state index contributed by atoms with van der Waals surface area (Å²) in [5.74, 6) is 0.213. The van der Waals surface area contributed by atoms with Crippen LogP contribution in [0.2, 0.25) is 0 Å². The van der Waals surface area contributed by atoms with Crippen LogP contribution < -0.4 is 4.74 Å². The van der Waals surface area contributed by atoms with Gasteiger partial charge in [-0.1, -0.05) is 17.4 Å². The number of alkyl halides is 1. The van der Waals surface area contributed by atoms with Crippen molar-refractivity contribution >= 4 is 28.6 Å². The van der Waals surface area contributed by atoms with Gasteiger partial charge < -0.3 is 4.74 Å². The molecule has 20 heavy (non-hydrogen) atoms. The van der Waals surface area contributed by atoms with Crippen LogP contribution in [0.1, 0.15) is 24.2 Å². The van der Waals surface area contributed by atoms with Crippen molar-refractivity contribution in [1.29, 1.82) is 0 Å². The molecule has 0 spiro atoms. The molecular weight excluding hydrogens is 302 g/mol. The highest BCUT2D eigenvalue weighted by atomic mass is 35.5. The van der Waals surface area contributed by atoms with Gasteiger partial charge in [-0.25, -0.2) is 0 Å². The normalized spacial score (nSPS) is 12.2. The lowest BCUT2D eigenvalue weighted by Gasteiger charge is -2.07. The van der Waals surface area contributed by atoms with Crippen molar-refractivity contribution in [1.82, 2.24) is 10.2 Å². The maximum atomic E-state index is 11.1. The number of aromatic nitrogens is 2. The van der Waals surface area contributed by atoms with Crippen LogP contribution in [0.5, 0.6) is 5.75 Å². The van der Waals surface area contributed by atoms with Crippen LogP contribution in [0, 0.1) is 10.1 Å². The molecule has 0 saturated heterocycles. The van der Waals surface area contributed by atoms with Gasteiger partial charge in [0.1, 0.15) is 5.01 Å².